The molecule has 5 nitrogen and oxygen atoms in total. The molecule has 6 heteroatoms. The Kier molecular flexibility index (Phi) is 4.80. The van der Waals surface area contributed by atoms with Gasteiger partial charge in [-0.05, 0) is 43.8 Å². The van der Waals surface area contributed by atoms with E-state index in [4.69, 9.17) is 17.0 Å². The minimum absolute atomic E-state index is 0.585. The van der Waals surface area contributed by atoms with Crippen LogP contribution in [0.3, 0.4) is 0 Å². The zero-order chi connectivity index (χ0) is 15.4. The molecule has 0 aliphatic heterocycles. The van der Waals surface area contributed by atoms with Crippen LogP contribution >= 0.6 is 12.2 Å². The molecule has 0 saturated heterocycles. The highest BCUT2D eigenvalue weighted by Gasteiger charge is 2.12. The molecule has 112 valence electrons. The fourth-order valence-corrected chi connectivity index (χ4v) is 2.25. The number of methoxy groups -OCH3 is 1. The Labute approximate surface area is 130 Å². The fourth-order valence-electron chi connectivity index (χ4n) is 2.15. The predicted octanol–water partition coefficient (Wildman–Crippen LogP) is 2.47. The van der Waals surface area contributed by atoms with Crippen molar-refractivity contribution >= 4 is 23.0 Å². The summed E-state index contributed by atoms with van der Waals surface area (Å²) in [7, 11) is 3.46. The SMILES string of the molecule is CNC(=S)Nc1c(C)nn(Cc2cccc(OC)c2)c1C. The maximum atomic E-state index is 5.25. The van der Waals surface area contributed by atoms with Crippen molar-refractivity contribution in [1.82, 2.24) is 15.1 Å². The van der Waals surface area contributed by atoms with Gasteiger partial charge in [-0.1, -0.05) is 12.1 Å². The third-order valence-corrected chi connectivity index (χ3v) is 3.62. The number of anilines is 1. The molecule has 0 atom stereocenters. The second-order valence-corrected chi connectivity index (χ2v) is 5.17. The molecule has 0 spiro atoms. The molecule has 0 unspecified atom stereocenters. The first-order chi connectivity index (χ1) is 10.0. The largest absolute Gasteiger partial charge is 0.497 e. The summed E-state index contributed by atoms with van der Waals surface area (Å²) in [6.45, 7) is 4.69. The average molecular weight is 304 g/mol. The number of aryl methyl sites for hydroxylation is 1. The molecule has 2 aromatic rings. The van der Waals surface area contributed by atoms with E-state index in [2.05, 4.69) is 21.8 Å². The number of benzene rings is 1. The van der Waals surface area contributed by atoms with Crippen LogP contribution in [-0.2, 0) is 6.54 Å². The lowest BCUT2D eigenvalue weighted by Gasteiger charge is -2.09. The molecule has 2 rings (SSSR count). The lowest BCUT2D eigenvalue weighted by atomic mass is 10.2. The molecule has 0 aliphatic carbocycles. The van der Waals surface area contributed by atoms with Gasteiger partial charge in [-0.2, -0.15) is 5.10 Å². The van der Waals surface area contributed by atoms with Crippen LogP contribution in [0, 0.1) is 13.8 Å². The van der Waals surface area contributed by atoms with Crippen LogP contribution in [-0.4, -0.2) is 29.1 Å². The van der Waals surface area contributed by atoms with E-state index < -0.39 is 0 Å². The summed E-state index contributed by atoms with van der Waals surface area (Å²) in [4.78, 5) is 0. The standard InChI is InChI=1S/C15H20N4OS/c1-10-14(17-15(21)16-3)11(2)19(18-10)9-12-6-5-7-13(8-12)20-4/h5-8H,9H2,1-4H3,(H2,16,17,21). The van der Waals surface area contributed by atoms with Crippen LogP contribution in [0.5, 0.6) is 5.75 Å². The maximum absolute atomic E-state index is 5.25. The molecule has 0 fully saturated rings. The minimum atomic E-state index is 0.585. The number of thiocarbonyl (C=S) groups is 1. The Morgan fingerprint density at radius 1 is 1.38 bits per heavy atom. The molecule has 1 aromatic carbocycles. The van der Waals surface area contributed by atoms with Gasteiger partial charge in [0.15, 0.2) is 5.11 Å². The van der Waals surface area contributed by atoms with Gasteiger partial charge < -0.3 is 15.4 Å². The first-order valence-corrected chi connectivity index (χ1v) is 7.11. The summed E-state index contributed by atoms with van der Waals surface area (Å²) < 4.78 is 7.21. The summed E-state index contributed by atoms with van der Waals surface area (Å²) in [5, 5.41) is 11.2. The van der Waals surface area contributed by atoms with Crippen LogP contribution in [0.25, 0.3) is 0 Å². The molecule has 0 amide bonds. The van der Waals surface area contributed by atoms with Crippen molar-refractivity contribution in [3.63, 3.8) is 0 Å². The van der Waals surface area contributed by atoms with Crippen molar-refractivity contribution in [2.24, 2.45) is 0 Å². The third-order valence-electron chi connectivity index (χ3n) is 3.31. The molecule has 2 N–H and O–H groups in total. The average Bonchev–Trinajstić information content (AvgIpc) is 2.75. The van der Waals surface area contributed by atoms with Crippen molar-refractivity contribution < 1.29 is 4.74 Å². The van der Waals surface area contributed by atoms with E-state index in [0.29, 0.717) is 11.7 Å². The number of nitrogens with one attached hydrogen (secondary N) is 2. The lowest BCUT2D eigenvalue weighted by molar-refractivity contribution is 0.414. The second kappa shape index (κ2) is 6.58. The molecule has 0 bridgehead atoms. The van der Waals surface area contributed by atoms with Gasteiger partial charge in [-0.3, -0.25) is 4.68 Å². The van der Waals surface area contributed by atoms with Crippen LogP contribution in [0.1, 0.15) is 17.0 Å². The Bertz CT molecular complexity index is 651. The second-order valence-electron chi connectivity index (χ2n) is 4.76. The zero-order valence-corrected chi connectivity index (χ0v) is 13.5. The van der Waals surface area contributed by atoms with Gasteiger partial charge in [0, 0.05) is 7.05 Å². The first-order valence-electron chi connectivity index (χ1n) is 6.70. The Morgan fingerprint density at radius 3 is 2.81 bits per heavy atom. The van der Waals surface area contributed by atoms with Crippen molar-refractivity contribution in [3.05, 3.63) is 41.2 Å². The van der Waals surface area contributed by atoms with Crippen LogP contribution in [0.15, 0.2) is 24.3 Å². The summed E-state index contributed by atoms with van der Waals surface area (Å²) >= 11 is 5.15. The van der Waals surface area contributed by atoms with Gasteiger partial charge in [0.05, 0.1) is 30.7 Å². The smallest absolute Gasteiger partial charge is 0.170 e. The first kappa shape index (κ1) is 15.3. The predicted molar refractivity (Wildman–Crippen MR) is 89.1 cm³/mol. The molecule has 0 radical (unpaired) electrons. The van der Waals surface area contributed by atoms with Gasteiger partial charge in [0.1, 0.15) is 5.75 Å². The number of rotatable bonds is 4. The highest BCUT2D eigenvalue weighted by atomic mass is 32.1. The van der Waals surface area contributed by atoms with Crippen molar-refractivity contribution in [3.8, 4) is 5.75 Å². The molecular formula is C15H20N4OS. The van der Waals surface area contributed by atoms with Gasteiger partial charge in [-0.25, -0.2) is 0 Å². The maximum Gasteiger partial charge on any atom is 0.170 e. The highest BCUT2D eigenvalue weighted by Crippen LogP contribution is 2.21. The van der Waals surface area contributed by atoms with Gasteiger partial charge in [0.25, 0.3) is 0 Å². The van der Waals surface area contributed by atoms with Crippen LogP contribution < -0.4 is 15.4 Å². The minimum Gasteiger partial charge on any atom is -0.497 e. The quantitative estimate of drug-likeness (QED) is 0.850. The Balaban J connectivity index is 2.24. The lowest BCUT2D eigenvalue weighted by Crippen LogP contribution is -2.24. The zero-order valence-electron chi connectivity index (χ0n) is 12.7. The summed E-state index contributed by atoms with van der Waals surface area (Å²) in [6, 6.07) is 7.99. The van der Waals surface area contributed by atoms with E-state index in [9.17, 15) is 0 Å². The van der Waals surface area contributed by atoms with E-state index in [1.54, 1.807) is 14.2 Å². The molecule has 0 saturated carbocycles. The van der Waals surface area contributed by atoms with Crippen molar-refractivity contribution in [2.45, 2.75) is 20.4 Å². The van der Waals surface area contributed by atoms with Crippen molar-refractivity contribution in [1.29, 1.82) is 0 Å². The highest BCUT2D eigenvalue weighted by molar-refractivity contribution is 7.80. The third kappa shape index (κ3) is 3.52. The summed E-state index contributed by atoms with van der Waals surface area (Å²) in [6.07, 6.45) is 0. The normalized spacial score (nSPS) is 10.3. The Morgan fingerprint density at radius 2 is 2.14 bits per heavy atom. The monoisotopic (exact) mass is 304 g/mol. The van der Waals surface area contributed by atoms with E-state index in [-0.39, 0.29) is 0 Å². The van der Waals surface area contributed by atoms with Gasteiger partial charge in [-0.15, -0.1) is 0 Å². The number of hydrogen-bond donors (Lipinski definition) is 2. The molecule has 21 heavy (non-hydrogen) atoms. The van der Waals surface area contributed by atoms with E-state index in [1.807, 2.05) is 36.7 Å². The van der Waals surface area contributed by atoms with E-state index in [1.165, 1.54) is 0 Å². The van der Waals surface area contributed by atoms with Crippen LogP contribution in [0.4, 0.5) is 5.69 Å². The number of hydrogen-bond acceptors (Lipinski definition) is 3. The number of nitrogens with zero attached hydrogens (tertiary/aromatic N) is 2. The molecule has 1 heterocycles. The fraction of sp³-hybridized carbons (Fsp3) is 0.333. The van der Waals surface area contributed by atoms with Crippen LogP contribution in [0.2, 0.25) is 0 Å². The van der Waals surface area contributed by atoms with E-state index in [0.717, 1.165) is 28.4 Å². The molecule has 0 aliphatic rings. The topological polar surface area (TPSA) is 51.1 Å². The van der Waals surface area contributed by atoms with E-state index >= 15 is 0 Å². The summed E-state index contributed by atoms with van der Waals surface area (Å²) in [5.41, 5.74) is 4.07. The molecule has 1 aromatic heterocycles. The van der Waals surface area contributed by atoms with Gasteiger partial charge in [0.2, 0.25) is 0 Å². The summed E-state index contributed by atoms with van der Waals surface area (Å²) in [5.74, 6) is 0.851. The number of ether oxygens (including phenoxy) is 1. The number of aromatic nitrogens is 2. The molecular weight excluding hydrogens is 284 g/mol. The Hall–Kier alpha value is -2.08. The van der Waals surface area contributed by atoms with Gasteiger partial charge >= 0.3 is 0 Å². The van der Waals surface area contributed by atoms with Crippen molar-refractivity contribution in [2.75, 3.05) is 19.5 Å².